The van der Waals surface area contributed by atoms with E-state index in [1.54, 1.807) is 36.3 Å². The smallest absolute Gasteiger partial charge is 0.344 e. The van der Waals surface area contributed by atoms with E-state index in [1.165, 1.54) is 18.2 Å². The van der Waals surface area contributed by atoms with Crippen molar-refractivity contribution in [3.05, 3.63) is 69.5 Å². The Morgan fingerprint density at radius 1 is 1.21 bits per heavy atom. The molecule has 1 fully saturated rings. The van der Waals surface area contributed by atoms with Crippen molar-refractivity contribution in [1.82, 2.24) is 4.90 Å². The molecule has 5 nitrogen and oxygen atoms in total. The molecule has 1 amide bonds. The summed E-state index contributed by atoms with van der Waals surface area (Å²) in [6.07, 6.45) is 3.18. The minimum absolute atomic E-state index is 0.00846. The maximum Gasteiger partial charge on any atom is 0.344 e. The van der Waals surface area contributed by atoms with Gasteiger partial charge < -0.3 is 14.4 Å². The van der Waals surface area contributed by atoms with Gasteiger partial charge in [-0.25, -0.2) is 9.18 Å². The first-order valence-electron chi connectivity index (χ1n) is 9.31. The maximum absolute atomic E-state index is 14.4. The van der Waals surface area contributed by atoms with Crippen LogP contribution >= 0.6 is 11.6 Å². The Balaban J connectivity index is 1.62. The highest BCUT2D eigenvalue weighted by Crippen LogP contribution is 2.33. The summed E-state index contributed by atoms with van der Waals surface area (Å²) in [6, 6.07) is 9.12. The van der Waals surface area contributed by atoms with E-state index in [4.69, 9.17) is 21.1 Å². The molecule has 0 spiro atoms. The summed E-state index contributed by atoms with van der Waals surface area (Å²) in [7, 11) is 1.65. The van der Waals surface area contributed by atoms with Crippen LogP contribution in [0.25, 0.3) is 11.8 Å². The molecule has 2 aliphatic heterocycles. The number of benzene rings is 2. The van der Waals surface area contributed by atoms with Crippen molar-refractivity contribution in [1.29, 1.82) is 0 Å². The fourth-order valence-corrected chi connectivity index (χ4v) is 3.80. The molecule has 2 aromatic carbocycles. The molecule has 0 unspecified atom stereocenters. The Hall–Kier alpha value is -2.70. The number of cyclic esters (lactones) is 1. The van der Waals surface area contributed by atoms with Gasteiger partial charge in [0.1, 0.15) is 11.6 Å². The maximum atomic E-state index is 14.4. The van der Waals surface area contributed by atoms with Gasteiger partial charge in [0, 0.05) is 30.8 Å². The summed E-state index contributed by atoms with van der Waals surface area (Å²) in [5.41, 5.74) is 1.53. The van der Waals surface area contributed by atoms with Crippen molar-refractivity contribution in [2.45, 2.75) is 18.9 Å². The monoisotopic (exact) mass is 415 g/mol. The van der Waals surface area contributed by atoms with E-state index in [1.807, 2.05) is 0 Å². The third kappa shape index (κ3) is 3.91. The van der Waals surface area contributed by atoms with E-state index in [9.17, 15) is 14.0 Å². The van der Waals surface area contributed by atoms with Gasteiger partial charge >= 0.3 is 5.97 Å². The number of hydrogen-bond donors (Lipinski definition) is 0. The molecule has 0 N–H and O–H groups in total. The zero-order valence-corrected chi connectivity index (χ0v) is 16.5. The lowest BCUT2D eigenvalue weighted by Crippen LogP contribution is -2.40. The summed E-state index contributed by atoms with van der Waals surface area (Å²) in [6.45, 7) is 1.04. The van der Waals surface area contributed by atoms with E-state index in [0.29, 0.717) is 40.6 Å². The number of esters is 1. The number of amides is 1. The lowest BCUT2D eigenvalue weighted by molar-refractivity contribution is 0.0348. The zero-order chi connectivity index (χ0) is 20.5. The lowest BCUT2D eigenvalue weighted by Gasteiger charge is -2.31. The van der Waals surface area contributed by atoms with E-state index < -0.39 is 11.8 Å². The first kappa shape index (κ1) is 19.6. The van der Waals surface area contributed by atoms with Crippen molar-refractivity contribution in [3.63, 3.8) is 0 Å². The van der Waals surface area contributed by atoms with Gasteiger partial charge in [-0.2, -0.15) is 0 Å². The van der Waals surface area contributed by atoms with E-state index in [-0.39, 0.29) is 17.6 Å². The molecule has 7 heteroatoms. The summed E-state index contributed by atoms with van der Waals surface area (Å²) in [4.78, 5) is 26.5. The molecule has 4 rings (SSSR count). The second kappa shape index (κ2) is 7.97. The van der Waals surface area contributed by atoms with Gasteiger partial charge in [-0.3, -0.25) is 4.79 Å². The minimum Gasteiger partial charge on any atom is -0.422 e. The Labute approximate surface area is 172 Å². The van der Waals surface area contributed by atoms with Crippen LogP contribution in [0.4, 0.5) is 4.39 Å². The average molecular weight is 416 g/mol. The van der Waals surface area contributed by atoms with Crippen molar-refractivity contribution in [2.24, 2.45) is 0 Å². The molecule has 0 saturated carbocycles. The third-order valence-electron chi connectivity index (χ3n) is 5.25. The van der Waals surface area contributed by atoms with Gasteiger partial charge in [0.25, 0.3) is 5.91 Å². The fraction of sp³-hybridized carbons (Fsp3) is 0.273. The molecule has 0 aromatic heterocycles. The van der Waals surface area contributed by atoms with Crippen molar-refractivity contribution in [3.8, 4) is 0 Å². The number of hydrogen-bond acceptors (Lipinski definition) is 4. The van der Waals surface area contributed by atoms with Crippen LogP contribution in [-0.4, -0.2) is 43.1 Å². The Bertz CT molecular complexity index is 1010. The first-order valence-corrected chi connectivity index (χ1v) is 9.69. The number of nitrogens with zero attached hydrogens (tertiary/aromatic N) is 1. The Morgan fingerprint density at radius 3 is 2.69 bits per heavy atom. The van der Waals surface area contributed by atoms with Gasteiger partial charge in [-0.1, -0.05) is 17.7 Å². The lowest BCUT2D eigenvalue weighted by atomic mass is 10.0. The standard InChI is InChI=1S/C22H19ClFNO4/c1-28-15-6-8-25(9-7-15)21(26)18-10-13(2-5-19(18)24)11-20-17-12-14(23)3-4-16(17)22(27)29-20/h2-5,10-12,15H,6-9H2,1H3. The van der Waals surface area contributed by atoms with Crippen LogP contribution in [0, 0.1) is 5.82 Å². The highest BCUT2D eigenvalue weighted by molar-refractivity contribution is 6.31. The molecule has 0 radical (unpaired) electrons. The number of fused-ring (bicyclic) bond motifs is 1. The number of likely N-dealkylation sites (tertiary alicyclic amines) is 1. The summed E-state index contributed by atoms with van der Waals surface area (Å²) in [5, 5.41) is 0.474. The summed E-state index contributed by atoms with van der Waals surface area (Å²) in [5.74, 6) is -1.09. The van der Waals surface area contributed by atoms with Crippen LogP contribution < -0.4 is 0 Å². The molecule has 2 heterocycles. The first-order chi connectivity index (χ1) is 14.0. The predicted molar refractivity (Wildman–Crippen MR) is 107 cm³/mol. The topological polar surface area (TPSA) is 55.8 Å². The average Bonchev–Trinajstić information content (AvgIpc) is 3.03. The number of rotatable bonds is 3. The van der Waals surface area contributed by atoms with Gasteiger partial charge in [0.2, 0.25) is 0 Å². The zero-order valence-electron chi connectivity index (χ0n) is 15.8. The fourth-order valence-electron chi connectivity index (χ4n) is 3.63. The van der Waals surface area contributed by atoms with Crippen LogP contribution in [0.1, 0.15) is 44.7 Å². The van der Waals surface area contributed by atoms with Crippen molar-refractivity contribution >= 4 is 35.3 Å². The van der Waals surface area contributed by atoms with E-state index in [2.05, 4.69) is 0 Å². The minimum atomic E-state index is -0.585. The van der Waals surface area contributed by atoms with Gasteiger partial charge in [0.05, 0.1) is 17.2 Å². The largest absolute Gasteiger partial charge is 0.422 e. The Morgan fingerprint density at radius 2 is 1.97 bits per heavy atom. The highest BCUT2D eigenvalue weighted by Gasteiger charge is 2.28. The molecular formula is C22H19ClFNO4. The summed E-state index contributed by atoms with van der Waals surface area (Å²) < 4.78 is 25.0. The normalized spacial score (nSPS) is 18.1. The molecule has 0 atom stereocenters. The SMILES string of the molecule is COC1CCN(C(=O)c2cc(C=C3OC(=O)c4ccc(Cl)cc43)ccc2F)CC1. The molecule has 2 aliphatic rings. The van der Waals surface area contributed by atoms with E-state index >= 15 is 0 Å². The second-order valence-electron chi connectivity index (χ2n) is 7.05. The van der Waals surface area contributed by atoms with Gasteiger partial charge in [-0.05, 0) is 54.8 Å². The number of carbonyl (C=O) groups is 2. The van der Waals surface area contributed by atoms with Crippen LogP contribution in [0.3, 0.4) is 0 Å². The molecular weight excluding hydrogens is 397 g/mol. The van der Waals surface area contributed by atoms with Crippen LogP contribution in [0.15, 0.2) is 36.4 Å². The van der Waals surface area contributed by atoms with Crippen LogP contribution in [0.5, 0.6) is 0 Å². The van der Waals surface area contributed by atoms with Crippen LogP contribution in [-0.2, 0) is 9.47 Å². The quantitative estimate of drug-likeness (QED) is 0.697. The molecule has 1 saturated heterocycles. The van der Waals surface area contributed by atoms with E-state index in [0.717, 1.165) is 12.8 Å². The number of piperidine rings is 1. The van der Waals surface area contributed by atoms with Gasteiger partial charge in [0.15, 0.2) is 0 Å². The van der Waals surface area contributed by atoms with Crippen LogP contribution in [0.2, 0.25) is 5.02 Å². The molecule has 0 bridgehead atoms. The third-order valence-corrected chi connectivity index (χ3v) is 5.49. The molecule has 150 valence electrons. The number of methoxy groups -OCH3 is 1. The van der Waals surface area contributed by atoms with Crippen molar-refractivity contribution in [2.75, 3.05) is 20.2 Å². The molecule has 2 aromatic rings. The number of halogens is 2. The molecule has 29 heavy (non-hydrogen) atoms. The number of carbonyl (C=O) groups excluding carboxylic acids is 2. The second-order valence-corrected chi connectivity index (χ2v) is 7.49. The summed E-state index contributed by atoms with van der Waals surface area (Å²) >= 11 is 6.03. The predicted octanol–water partition coefficient (Wildman–Crippen LogP) is 4.40. The van der Waals surface area contributed by atoms with Crippen molar-refractivity contribution < 1.29 is 23.5 Å². The Kier molecular flexibility index (Phi) is 5.39. The molecule has 0 aliphatic carbocycles. The highest BCUT2D eigenvalue weighted by atomic mass is 35.5. The van der Waals surface area contributed by atoms with Gasteiger partial charge in [-0.15, -0.1) is 0 Å². The number of ether oxygens (including phenoxy) is 2.